The molecule has 4 N–H and O–H groups in total. The van der Waals surface area contributed by atoms with E-state index in [-0.39, 0.29) is 24.0 Å². The minimum atomic E-state index is -0.845. The van der Waals surface area contributed by atoms with Crippen LogP contribution in [-0.2, 0) is 29.5 Å². The first kappa shape index (κ1) is 28.0. The Morgan fingerprint density at radius 1 is 1.00 bits per heavy atom. The van der Waals surface area contributed by atoms with Gasteiger partial charge in [0, 0.05) is 53.4 Å². The van der Waals surface area contributed by atoms with E-state index in [0.717, 1.165) is 16.9 Å². The van der Waals surface area contributed by atoms with Gasteiger partial charge < -0.3 is 21.1 Å². The third-order valence-electron chi connectivity index (χ3n) is 7.05. The standard InChI is InChI=1S/C32H29N5O5/c1-3-28-26(18-34-37(28)2)32(42)35-23-6-4-5-20(15-23)30(40)21-10-13-24-25(31(41)36-27(24)16-21)17-33-22-11-7-19(8-12-22)9-14-29(38)39/h4-8,10-13,15-18,33H,3,9,14H2,1-2H3,(H,35,42)(H,36,41)(H,38,39). The molecule has 0 saturated carbocycles. The van der Waals surface area contributed by atoms with Crippen LogP contribution in [0.25, 0.3) is 5.57 Å². The number of carbonyl (C=O) groups is 4. The number of rotatable bonds is 10. The molecule has 0 radical (unpaired) electrons. The second-order valence-electron chi connectivity index (χ2n) is 9.85. The number of hydrogen-bond acceptors (Lipinski definition) is 6. The molecule has 1 aliphatic heterocycles. The van der Waals surface area contributed by atoms with Crippen LogP contribution in [0.3, 0.4) is 0 Å². The molecular weight excluding hydrogens is 534 g/mol. The van der Waals surface area contributed by atoms with Crippen LogP contribution in [0.1, 0.15) is 56.4 Å². The highest BCUT2D eigenvalue weighted by molar-refractivity contribution is 6.32. The van der Waals surface area contributed by atoms with Gasteiger partial charge in [-0.15, -0.1) is 0 Å². The van der Waals surface area contributed by atoms with E-state index in [1.54, 1.807) is 60.4 Å². The molecule has 3 aromatic carbocycles. The zero-order valence-corrected chi connectivity index (χ0v) is 23.1. The SMILES string of the molecule is CCc1c(C(=O)Nc2cccc(C(=O)c3ccc4c(c3)NC(=O)C4=CNc3ccc(CCC(=O)O)cc3)c2)cnn1C. The monoisotopic (exact) mass is 563 g/mol. The van der Waals surface area contributed by atoms with Crippen molar-refractivity contribution in [2.75, 3.05) is 16.0 Å². The van der Waals surface area contributed by atoms with Gasteiger partial charge in [-0.05, 0) is 48.7 Å². The van der Waals surface area contributed by atoms with Gasteiger partial charge in [-0.2, -0.15) is 5.10 Å². The van der Waals surface area contributed by atoms with Crippen LogP contribution in [0, 0.1) is 0 Å². The number of carboxylic acid groups (broad SMARTS) is 1. The normalized spacial score (nSPS) is 13.0. The van der Waals surface area contributed by atoms with Gasteiger partial charge in [0.15, 0.2) is 5.78 Å². The first-order chi connectivity index (χ1) is 20.2. The van der Waals surface area contributed by atoms with Gasteiger partial charge in [0.1, 0.15) is 0 Å². The molecule has 212 valence electrons. The number of benzene rings is 3. The van der Waals surface area contributed by atoms with Gasteiger partial charge in [0.05, 0.1) is 23.0 Å². The van der Waals surface area contributed by atoms with Crippen molar-refractivity contribution >= 4 is 46.2 Å². The molecule has 0 aliphatic carbocycles. The van der Waals surface area contributed by atoms with Crippen molar-refractivity contribution in [3.05, 3.63) is 113 Å². The highest BCUT2D eigenvalue weighted by Gasteiger charge is 2.25. The number of ketones is 1. The number of anilines is 3. The van der Waals surface area contributed by atoms with Crippen molar-refractivity contribution in [2.24, 2.45) is 7.05 Å². The number of nitrogens with one attached hydrogen (secondary N) is 3. The van der Waals surface area contributed by atoms with Gasteiger partial charge >= 0.3 is 5.97 Å². The van der Waals surface area contributed by atoms with E-state index < -0.39 is 5.97 Å². The van der Waals surface area contributed by atoms with Gasteiger partial charge in [0.25, 0.3) is 11.8 Å². The topological polar surface area (TPSA) is 142 Å². The van der Waals surface area contributed by atoms with Crippen molar-refractivity contribution in [1.82, 2.24) is 9.78 Å². The highest BCUT2D eigenvalue weighted by Crippen LogP contribution is 2.33. The van der Waals surface area contributed by atoms with Crippen LogP contribution in [0.2, 0.25) is 0 Å². The van der Waals surface area contributed by atoms with Crippen molar-refractivity contribution in [2.45, 2.75) is 26.2 Å². The number of aliphatic carboxylic acids is 1. The Hall–Kier alpha value is -5.51. The maximum Gasteiger partial charge on any atom is 0.303 e. The van der Waals surface area contributed by atoms with Gasteiger partial charge in [-0.3, -0.25) is 23.9 Å². The summed E-state index contributed by atoms with van der Waals surface area (Å²) in [7, 11) is 1.79. The summed E-state index contributed by atoms with van der Waals surface area (Å²) in [5.74, 6) is -1.70. The molecule has 2 heterocycles. The molecule has 0 fully saturated rings. The van der Waals surface area contributed by atoms with E-state index in [1.165, 1.54) is 6.20 Å². The number of nitrogens with zero attached hydrogens (tertiary/aromatic N) is 2. The molecule has 0 spiro atoms. The Labute approximate surface area is 242 Å². The smallest absolute Gasteiger partial charge is 0.303 e. The number of hydrogen-bond donors (Lipinski definition) is 4. The van der Waals surface area contributed by atoms with E-state index in [9.17, 15) is 19.2 Å². The summed E-state index contributed by atoms with van der Waals surface area (Å²) in [5, 5.41) is 21.8. The molecule has 1 aliphatic rings. The van der Waals surface area contributed by atoms with Crippen molar-refractivity contribution < 1.29 is 24.3 Å². The number of fused-ring (bicyclic) bond motifs is 1. The average molecular weight is 564 g/mol. The number of amides is 2. The fraction of sp³-hybridized carbons (Fsp3) is 0.156. The second-order valence-corrected chi connectivity index (χ2v) is 9.85. The summed E-state index contributed by atoms with van der Waals surface area (Å²) >= 11 is 0. The van der Waals surface area contributed by atoms with E-state index >= 15 is 0 Å². The van der Waals surface area contributed by atoms with Crippen LogP contribution in [0.4, 0.5) is 17.1 Å². The van der Waals surface area contributed by atoms with Crippen LogP contribution < -0.4 is 16.0 Å². The first-order valence-corrected chi connectivity index (χ1v) is 13.4. The number of aromatic nitrogens is 2. The molecule has 0 unspecified atom stereocenters. The Balaban J connectivity index is 1.29. The summed E-state index contributed by atoms with van der Waals surface area (Å²) in [6.07, 6.45) is 4.29. The lowest BCUT2D eigenvalue weighted by molar-refractivity contribution is -0.137. The molecule has 10 heteroatoms. The number of aryl methyl sites for hydroxylation is 2. The molecule has 1 aromatic heterocycles. The first-order valence-electron chi connectivity index (χ1n) is 13.4. The third kappa shape index (κ3) is 5.97. The van der Waals surface area contributed by atoms with Crippen LogP contribution in [0.5, 0.6) is 0 Å². The highest BCUT2D eigenvalue weighted by atomic mass is 16.4. The van der Waals surface area contributed by atoms with Crippen LogP contribution >= 0.6 is 0 Å². The minimum Gasteiger partial charge on any atom is -0.481 e. The predicted molar refractivity (Wildman–Crippen MR) is 159 cm³/mol. The summed E-state index contributed by atoms with van der Waals surface area (Å²) < 4.78 is 1.67. The van der Waals surface area contributed by atoms with E-state index in [2.05, 4.69) is 21.0 Å². The van der Waals surface area contributed by atoms with Crippen molar-refractivity contribution in [1.29, 1.82) is 0 Å². The summed E-state index contributed by atoms with van der Waals surface area (Å²) in [6, 6.07) is 19.1. The predicted octanol–water partition coefficient (Wildman–Crippen LogP) is 4.89. The molecule has 5 rings (SSSR count). The fourth-order valence-electron chi connectivity index (χ4n) is 4.83. The lowest BCUT2D eigenvalue weighted by Crippen LogP contribution is -2.14. The summed E-state index contributed by atoms with van der Waals surface area (Å²) in [4.78, 5) is 49.7. The lowest BCUT2D eigenvalue weighted by atomic mass is 9.99. The Morgan fingerprint density at radius 3 is 2.50 bits per heavy atom. The second kappa shape index (κ2) is 11.9. The largest absolute Gasteiger partial charge is 0.481 e. The van der Waals surface area contributed by atoms with Crippen LogP contribution in [0.15, 0.2) is 79.1 Å². The summed E-state index contributed by atoms with van der Waals surface area (Å²) in [5.41, 5.74) is 5.82. The molecule has 2 amide bonds. The number of carbonyl (C=O) groups excluding carboxylic acids is 3. The molecule has 0 atom stereocenters. The van der Waals surface area contributed by atoms with Gasteiger partial charge in [-0.1, -0.05) is 43.3 Å². The zero-order chi connectivity index (χ0) is 29.8. The lowest BCUT2D eigenvalue weighted by Gasteiger charge is -2.09. The molecule has 10 nitrogen and oxygen atoms in total. The van der Waals surface area contributed by atoms with E-state index in [1.807, 2.05) is 31.2 Å². The molecule has 0 bridgehead atoms. The third-order valence-corrected chi connectivity index (χ3v) is 7.05. The number of carboxylic acids is 1. The minimum absolute atomic E-state index is 0.0618. The maximum absolute atomic E-state index is 13.3. The quantitative estimate of drug-likeness (QED) is 0.159. The van der Waals surface area contributed by atoms with Crippen molar-refractivity contribution in [3.63, 3.8) is 0 Å². The Kier molecular flexibility index (Phi) is 7.96. The Morgan fingerprint density at radius 2 is 1.76 bits per heavy atom. The molecular formula is C32H29N5O5. The maximum atomic E-state index is 13.3. The Bertz CT molecular complexity index is 1740. The zero-order valence-electron chi connectivity index (χ0n) is 23.1. The molecule has 0 saturated heterocycles. The fourth-order valence-corrected chi connectivity index (χ4v) is 4.83. The van der Waals surface area contributed by atoms with Gasteiger partial charge in [-0.25, -0.2) is 0 Å². The summed E-state index contributed by atoms with van der Waals surface area (Å²) in [6.45, 7) is 1.95. The molecule has 4 aromatic rings. The van der Waals surface area contributed by atoms with E-state index in [0.29, 0.717) is 52.0 Å². The molecule has 42 heavy (non-hydrogen) atoms. The van der Waals surface area contributed by atoms with Crippen molar-refractivity contribution in [3.8, 4) is 0 Å². The average Bonchev–Trinajstić information content (AvgIpc) is 3.52. The van der Waals surface area contributed by atoms with Gasteiger partial charge in [0.2, 0.25) is 0 Å². The van der Waals surface area contributed by atoms with Crippen LogP contribution in [-0.4, -0.2) is 38.5 Å². The van der Waals surface area contributed by atoms with E-state index in [4.69, 9.17) is 5.11 Å².